The molecule has 0 aromatic heterocycles. The third kappa shape index (κ3) is 2.92. The Balaban J connectivity index is 2.78. The van der Waals surface area contributed by atoms with Crippen LogP contribution in [0.2, 0.25) is 0 Å². The fourth-order valence-corrected chi connectivity index (χ4v) is 2.99. The SMILES string of the molecule is CC(C)(C)c1ccccc1-c1ccccc1S(=O)(=O)O. The highest BCUT2D eigenvalue weighted by atomic mass is 32.2. The second-order valence-electron chi connectivity index (χ2n) is 5.77. The van der Waals surface area contributed by atoms with Crippen LogP contribution in [0.15, 0.2) is 53.4 Å². The van der Waals surface area contributed by atoms with Crippen molar-refractivity contribution in [2.45, 2.75) is 31.1 Å². The molecule has 0 bridgehead atoms. The zero-order chi connectivity index (χ0) is 15.0. The molecule has 0 unspecified atom stereocenters. The Morgan fingerprint density at radius 3 is 1.90 bits per heavy atom. The van der Waals surface area contributed by atoms with Gasteiger partial charge in [0.1, 0.15) is 4.90 Å². The molecule has 106 valence electrons. The predicted octanol–water partition coefficient (Wildman–Crippen LogP) is 3.90. The molecule has 0 atom stereocenters. The van der Waals surface area contributed by atoms with Gasteiger partial charge in [0.05, 0.1) is 0 Å². The first-order valence-corrected chi connectivity index (χ1v) is 7.81. The van der Waals surface area contributed by atoms with E-state index in [1.54, 1.807) is 18.2 Å². The van der Waals surface area contributed by atoms with Gasteiger partial charge in [-0.2, -0.15) is 8.42 Å². The van der Waals surface area contributed by atoms with Crippen LogP contribution in [-0.2, 0) is 15.5 Å². The molecular formula is C16H18O3S. The predicted molar refractivity (Wildman–Crippen MR) is 80.4 cm³/mol. The van der Waals surface area contributed by atoms with Crippen LogP contribution in [0.4, 0.5) is 0 Å². The molecule has 3 nitrogen and oxygen atoms in total. The first-order chi connectivity index (χ1) is 9.21. The van der Waals surface area contributed by atoms with Gasteiger partial charge in [0, 0.05) is 5.56 Å². The van der Waals surface area contributed by atoms with E-state index in [1.807, 2.05) is 24.3 Å². The largest absolute Gasteiger partial charge is 0.295 e. The third-order valence-electron chi connectivity index (χ3n) is 3.19. The summed E-state index contributed by atoms with van der Waals surface area (Å²) < 4.78 is 32.5. The van der Waals surface area contributed by atoms with E-state index in [-0.39, 0.29) is 10.3 Å². The number of hydrogen-bond acceptors (Lipinski definition) is 2. The first-order valence-electron chi connectivity index (χ1n) is 6.37. The molecule has 0 saturated heterocycles. The average Bonchev–Trinajstić information content (AvgIpc) is 2.37. The van der Waals surface area contributed by atoms with E-state index in [0.717, 1.165) is 11.1 Å². The van der Waals surface area contributed by atoms with E-state index in [2.05, 4.69) is 20.8 Å². The highest BCUT2D eigenvalue weighted by Gasteiger charge is 2.22. The lowest BCUT2D eigenvalue weighted by molar-refractivity contribution is 0.483. The van der Waals surface area contributed by atoms with Crippen molar-refractivity contribution in [3.63, 3.8) is 0 Å². The Kier molecular flexibility index (Phi) is 3.71. The fourth-order valence-electron chi connectivity index (χ4n) is 2.29. The van der Waals surface area contributed by atoms with Gasteiger partial charge in [-0.1, -0.05) is 63.2 Å². The molecule has 0 radical (unpaired) electrons. The van der Waals surface area contributed by atoms with Crippen molar-refractivity contribution in [3.8, 4) is 11.1 Å². The fraction of sp³-hybridized carbons (Fsp3) is 0.250. The van der Waals surface area contributed by atoms with E-state index in [4.69, 9.17) is 0 Å². The maximum absolute atomic E-state index is 11.5. The van der Waals surface area contributed by atoms with Crippen LogP contribution >= 0.6 is 0 Å². The molecule has 20 heavy (non-hydrogen) atoms. The van der Waals surface area contributed by atoms with Crippen LogP contribution in [0.5, 0.6) is 0 Å². The molecule has 2 rings (SSSR count). The van der Waals surface area contributed by atoms with Gasteiger partial charge in [-0.25, -0.2) is 0 Å². The summed E-state index contributed by atoms with van der Waals surface area (Å²) in [7, 11) is -4.24. The molecule has 0 aliphatic heterocycles. The van der Waals surface area contributed by atoms with Crippen molar-refractivity contribution >= 4 is 10.1 Å². The van der Waals surface area contributed by atoms with Gasteiger partial charge < -0.3 is 0 Å². The molecule has 0 fully saturated rings. The molecular weight excluding hydrogens is 272 g/mol. The lowest BCUT2D eigenvalue weighted by Gasteiger charge is -2.23. The zero-order valence-corrected chi connectivity index (χ0v) is 12.6. The van der Waals surface area contributed by atoms with Crippen molar-refractivity contribution in [3.05, 3.63) is 54.1 Å². The topological polar surface area (TPSA) is 54.4 Å². The number of rotatable bonds is 2. The first kappa shape index (κ1) is 14.8. The number of hydrogen-bond donors (Lipinski definition) is 1. The smallest absolute Gasteiger partial charge is 0.282 e. The summed E-state index contributed by atoms with van der Waals surface area (Å²) in [6.07, 6.45) is 0. The Labute approximate surface area is 120 Å². The lowest BCUT2D eigenvalue weighted by Crippen LogP contribution is -2.13. The van der Waals surface area contributed by atoms with E-state index >= 15 is 0 Å². The van der Waals surface area contributed by atoms with Gasteiger partial charge in [0.25, 0.3) is 10.1 Å². The van der Waals surface area contributed by atoms with Gasteiger partial charge in [-0.05, 0) is 22.6 Å². The van der Waals surface area contributed by atoms with Gasteiger partial charge in [-0.15, -0.1) is 0 Å². The van der Waals surface area contributed by atoms with Crippen molar-refractivity contribution in [2.24, 2.45) is 0 Å². The lowest BCUT2D eigenvalue weighted by atomic mass is 9.82. The maximum Gasteiger partial charge on any atom is 0.295 e. The summed E-state index contributed by atoms with van der Waals surface area (Å²) in [5.74, 6) is 0. The van der Waals surface area contributed by atoms with Crippen molar-refractivity contribution in [2.75, 3.05) is 0 Å². The van der Waals surface area contributed by atoms with Crippen LogP contribution in [0.3, 0.4) is 0 Å². The van der Waals surface area contributed by atoms with Crippen LogP contribution < -0.4 is 0 Å². The van der Waals surface area contributed by atoms with Crippen LogP contribution in [0, 0.1) is 0 Å². The summed E-state index contributed by atoms with van der Waals surface area (Å²) in [5, 5.41) is 0. The Hall–Kier alpha value is -1.65. The molecule has 0 heterocycles. The standard InChI is InChI=1S/C16H18O3S/c1-16(2,3)14-10-6-4-8-12(14)13-9-5-7-11-15(13)20(17,18)19/h4-11H,1-3H3,(H,17,18,19). The van der Waals surface area contributed by atoms with E-state index in [0.29, 0.717) is 5.56 Å². The monoisotopic (exact) mass is 290 g/mol. The molecule has 0 spiro atoms. The zero-order valence-electron chi connectivity index (χ0n) is 11.8. The van der Waals surface area contributed by atoms with E-state index < -0.39 is 10.1 Å². The normalized spacial score (nSPS) is 12.4. The molecule has 2 aromatic rings. The molecule has 2 aromatic carbocycles. The van der Waals surface area contributed by atoms with Crippen LogP contribution in [0.1, 0.15) is 26.3 Å². The van der Waals surface area contributed by atoms with Crippen LogP contribution in [0.25, 0.3) is 11.1 Å². The maximum atomic E-state index is 11.5. The quantitative estimate of drug-likeness (QED) is 0.853. The second-order valence-corrected chi connectivity index (χ2v) is 7.16. The van der Waals surface area contributed by atoms with Gasteiger partial charge in [-0.3, -0.25) is 4.55 Å². The summed E-state index contributed by atoms with van der Waals surface area (Å²) in [6.45, 7) is 6.21. The average molecular weight is 290 g/mol. The van der Waals surface area contributed by atoms with Crippen LogP contribution in [-0.4, -0.2) is 13.0 Å². The minimum absolute atomic E-state index is 0.0586. The van der Waals surface area contributed by atoms with E-state index in [1.165, 1.54) is 6.07 Å². The summed E-state index contributed by atoms with van der Waals surface area (Å²) in [5.41, 5.74) is 2.27. The minimum atomic E-state index is -4.24. The number of benzene rings is 2. The molecule has 1 N–H and O–H groups in total. The molecule has 4 heteroatoms. The van der Waals surface area contributed by atoms with E-state index in [9.17, 15) is 13.0 Å². The summed E-state index contributed by atoms with van der Waals surface area (Å²) in [6, 6.07) is 14.2. The van der Waals surface area contributed by atoms with Crippen molar-refractivity contribution in [1.29, 1.82) is 0 Å². The Morgan fingerprint density at radius 2 is 1.35 bits per heavy atom. The molecule has 0 saturated carbocycles. The second kappa shape index (κ2) is 5.04. The Morgan fingerprint density at radius 1 is 0.850 bits per heavy atom. The van der Waals surface area contributed by atoms with Gasteiger partial charge >= 0.3 is 0 Å². The molecule has 0 amide bonds. The summed E-state index contributed by atoms with van der Waals surface area (Å²) in [4.78, 5) is -0.0586. The molecule has 0 aliphatic rings. The van der Waals surface area contributed by atoms with Crippen molar-refractivity contribution < 1.29 is 13.0 Å². The van der Waals surface area contributed by atoms with Gasteiger partial charge in [0.2, 0.25) is 0 Å². The Bertz CT molecular complexity index is 725. The molecule has 0 aliphatic carbocycles. The third-order valence-corrected chi connectivity index (χ3v) is 4.10. The van der Waals surface area contributed by atoms with Crippen molar-refractivity contribution in [1.82, 2.24) is 0 Å². The van der Waals surface area contributed by atoms with Gasteiger partial charge in [0.15, 0.2) is 0 Å². The highest BCUT2D eigenvalue weighted by molar-refractivity contribution is 7.86. The highest BCUT2D eigenvalue weighted by Crippen LogP contribution is 2.35. The minimum Gasteiger partial charge on any atom is -0.282 e. The summed E-state index contributed by atoms with van der Waals surface area (Å²) >= 11 is 0.